The van der Waals surface area contributed by atoms with Gasteiger partial charge in [-0.1, -0.05) is 52.4 Å². The zero-order valence-electron chi connectivity index (χ0n) is 53.6. The molecule has 4 aliphatic heterocycles. The van der Waals surface area contributed by atoms with Crippen LogP contribution in [-0.4, -0.2) is 211 Å². The van der Waals surface area contributed by atoms with Crippen molar-refractivity contribution in [2.24, 2.45) is 11.7 Å². The average Bonchev–Trinajstić information content (AvgIpc) is 2.58. The van der Waals surface area contributed by atoms with Gasteiger partial charge in [0, 0.05) is 111 Å². The molecule has 0 aromatic carbocycles. The fourth-order valence-electron chi connectivity index (χ4n) is 10.8. The maximum atomic E-state index is 13.6. The second-order valence-corrected chi connectivity index (χ2v) is 24.6. The molecule has 0 aromatic rings. The topological polar surface area (TPSA) is 367 Å². The van der Waals surface area contributed by atoms with E-state index in [4.69, 9.17) is 48.4 Å². The van der Waals surface area contributed by atoms with Crippen molar-refractivity contribution in [2.45, 2.75) is 229 Å². The Morgan fingerprint density at radius 3 is 1.47 bits per heavy atom. The summed E-state index contributed by atoms with van der Waals surface area (Å²) in [4.78, 5) is 111. The summed E-state index contributed by atoms with van der Waals surface area (Å²) in [5.74, 6) is -1.64. The third-order valence-electron chi connectivity index (χ3n) is 15.9. The van der Waals surface area contributed by atoms with Crippen LogP contribution in [0.5, 0.6) is 0 Å². The minimum atomic E-state index is -1.27. The van der Waals surface area contributed by atoms with Crippen molar-refractivity contribution in [2.75, 3.05) is 105 Å². The summed E-state index contributed by atoms with van der Waals surface area (Å²) in [5, 5.41) is 30.6. The number of aliphatic hydroxyl groups excluding tert-OH is 1. The number of nitrogens with one attached hydrogen (secondary N) is 7. The van der Waals surface area contributed by atoms with Gasteiger partial charge < -0.3 is 90.7 Å². The monoisotopic (exact) mass is 1270 g/mol. The molecule has 4 rings (SSSR count). The molecule has 1 unspecified atom stereocenters. The Kier molecular flexibility index (Phi) is 36.9. The van der Waals surface area contributed by atoms with Crippen LogP contribution in [0.25, 0.3) is 0 Å². The zero-order valence-corrected chi connectivity index (χ0v) is 53.6. The molecule has 510 valence electrons. The Morgan fingerprint density at radius 1 is 0.517 bits per heavy atom. The lowest BCUT2D eigenvalue weighted by Gasteiger charge is -2.38. The highest BCUT2D eigenvalue weighted by Gasteiger charge is 2.53. The molecule has 0 aromatic heterocycles. The molecule has 10 N–H and O–H groups in total. The number of aliphatic hydroxyl groups is 1. The van der Waals surface area contributed by atoms with Gasteiger partial charge in [-0.2, -0.15) is 0 Å². The molecule has 4 fully saturated rings. The molecule has 0 spiro atoms. The molecule has 0 aliphatic carbocycles. The minimum Gasteiger partial charge on any atom is -0.391 e. The fraction of sp³-hybridized carbons (Fsp3) is 0.855. The zero-order chi connectivity index (χ0) is 64.8. The molecule has 8 atom stereocenters. The normalized spacial score (nSPS) is 22.4. The lowest BCUT2D eigenvalue weighted by Crippen LogP contribution is -2.58. The van der Waals surface area contributed by atoms with E-state index < -0.39 is 47.4 Å². The van der Waals surface area contributed by atoms with Gasteiger partial charge in [-0.3, -0.25) is 43.2 Å². The summed E-state index contributed by atoms with van der Waals surface area (Å²) in [7, 11) is 0. The Bertz CT molecular complexity index is 2160. The first kappa shape index (κ1) is 76.5. The molecule has 89 heavy (non-hydrogen) atoms. The number of rotatable bonds is 52. The molecule has 4 aliphatic rings. The van der Waals surface area contributed by atoms with E-state index in [1.807, 2.05) is 13.8 Å². The first-order chi connectivity index (χ1) is 42.7. The second-order valence-electron chi connectivity index (χ2n) is 24.6. The van der Waals surface area contributed by atoms with Gasteiger partial charge in [-0.05, 0) is 64.2 Å². The lowest BCUT2D eigenvalue weighted by atomic mass is 9.92. The first-order valence-corrected chi connectivity index (χ1v) is 32.6. The smallest absolute Gasteiger partial charge is 0.222 e. The molecule has 8 amide bonds. The number of carbonyl (C=O) groups is 9. The molecule has 0 saturated carbocycles. The highest BCUT2D eigenvalue weighted by atomic mass is 16.8. The average molecular weight is 1270 g/mol. The van der Waals surface area contributed by atoms with Crippen LogP contribution >= 0.6 is 0 Å². The van der Waals surface area contributed by atoms with Crippen LogP contribution in [0.4, 0.5) is 0 Å². The molecular weight excluding hydrogens is 1160 g/mol. The van der Waals surface area contributed by atoms with Gasteiger partial charge >= 0.3 is 0 Å². The number of Topliss-reactive ketones (excluding diaryl/α,β-unsaturated/α-hetero) is 1. The van der Waals surface area contributed by atoms with Gasteiger partial charge in [0.25, 0.3) is 0 Å². The van der Waals surface area contributed by atoms with E-state index in [0.717, 1.165) is 57.8 Å². The van der Waals surface area contributed by atoms with Gasteiger partial charge in [0.1, 0.15) is 28.6 Å². The fourth-order valence-corrected chi connectivity index (χ4v) is 10.8. The standard InChI is InChI=1S/C62H108N8O19/c1-45(2)49(73)19-11-9-7-5-6-8-10-12-22-56(80)70-60(38-83-34-24-51(63)75,39-84-35-25-54(78)66-30-17-28-64-52(76)20-13-15-32-81-41-61-27-23-48(68-46(3)71)58(88-61)86-43-61)40-85-36-26-55(79)67-31-18-29-65-53(77)21-14-16-33-82-42-62-37-50(74)57(69-47(4)72)59(89-62)87-44-62/h45,48,50,57-59,74H,5-44H2,1-4H3,(H2,63,75)(H,64,76)(H,65,77)(H,66,78)(H,67,79)(H,68,71)(H,69,72)(H,70,80)/t48-,50+,57-,58-,59-,60?,61+,62+/m1/s1. The van der Waals surface area contributed by atoms with Gasteiger partial charge in [0.05, 0.1) is 78.2 Å². The van der Waals surface area contributed by atoms with E-state index in [0.29, 0.717) is 123 Å². The van der Waals surface area contributed by atoms with Crippen molar-refractivity contribution < 1.29 is 90.9 Å². The number of hydrogen-bond acceptors (Lipinski definition) is 19. The van der Waals surface area contributed by atoms with E-state index in [9.17, 15) is 48.3 Å². The summed E-state index contributed by atoms with van der Waals surface area (Å²) in [6, 6.07) is -0.803. The quantitative estimate of drug-likeness (QED) is 0.0394. The third kappa shape index (κ3) is 32.2. The number of nitrogens with two attached hydrogens (primary N) is 1. The van der Waals surface area contributed by atoms with Crippen LogP contribution in [-0.2, 0) is 85.8 Å². The highest BCUT2D eigenvalue weighted by molar-refractivity contribution is 5.80. The van der Waals surface area contributed by atoms with Crippen molar-refractivity contribution in [1.82, 2.24) is 37.2 Å². The number of primary amides is 1. The van der Waals surface area contributed by atoms with Crippen LogP contribution in [0.1, 0.15) is 182 Å². The van der Waals surface area contributed by atoms with Crippen LogP contribution in [0.3, 0.4) is 0 Å². The number of hydrogen-bond donors (Lipinski definition) is 9. The number of ether oxygens (including phenoxy) is 9. The molecular formula is C62H108N8O19. The summed E-state index contributed by atoms with van der Waals surface area (Å²) in [6.07, 6.45) is 12.2. The molecule has 4 saturated heterocycles. The first-order valence-electron chi connectivity index (χ1n) is 32.6. The Morgan fingerprint density at radius 2 is 0.955 bits per heavy atom. The van der Waals surface area contributed by atoms with Gasteiger partial charge in [-0.15, -0.1) is 0 Å². The lowest BCUT2D eigenvalue weighted by molar-refractivity contribution is -0.188. The van der Waals surface area contributed by atoms with Crippen LogP contribution in [0.15, 0.2) is 0 Å². The molecule has 27 nitrogen and oxygen atoms in total. The van der Waals surface area contributed by atoms with E-state index in [-0.39, 0.29) is 138 Å². The van der Waals surface area contributed by atoms with Crippen molar-refractivity contribution in [1.29, 1.82) is 0 Å². The van der Waals surface area contributed by atoms with E-state index in [2.05, 4.69) is 37.2 Å². The predicted molar refractivity (Wildman–Crippen MR) is 325 cm³/mol. The number of unbranched alkanes of at least 4 members (excludes halogenated alkanes) is 9. The predicted octanol–water partition coefficient (Wildman–Crippen LogP) is 2.08. The molecule has 27 heteroatoms. The van der Waals surface area contributed by atoms with Crippen molar-refractivity contribution in [3.8, 4) is 0 Å². The molecule has 0 radical (unpaired) electrons. The summed E-state index contributed by atoms with van der Waals surface area (Å²) in [6.45, 7) is 9.77. The van der Waals surface area contributed by atoms with Gasteiger partial charge in [0.15, 0.2) is 12.6 Å². The van der Waals surface area contributed by atoms with E-state index in [1.165, 1.54) is 13.8 Å². The highest BCUT2D eigenvalue weighted by Crippen LogP contribution is 2.38. The third-order valence-corrected chi connectivity index (χ3v) is 15.9. The maximum Gasteiger partial charge on any atom is 0.222 e. The Balaban J connectivity index is 1.12. The number of ketones is 1. The van der Waals surface area contributed by atoms with Crippen LogP contribution < -0.4 is 43.0 Å². The molecule has 4 heterocycles. The van der Waals surface area contributed by atoms with Crippen molar-refractivity contribution in [3.05, 3.63) is 0 Å². The van der Waals surface area contributed by atoms with E-state index >= 15 is 0 Å². The van der Waals surface area contributed by atoms with Crippen molar-refractivity contribution in [3.63, 3.8) is 0 Å². The van der Waals surface area contributed by atoms with Crippen LogP contribution in [0, 0.1) is 5.92 Å². The summed E-state index contributed by atoms with van der Waals surface area (Å²) in [5.41, 5.74) is 2.82. The summed E-state index contributed by atoms with van der Waals surface area (Å²) < 4.78 is 53.1. The largest absolute Gasteiger partial charge is 0.391 e. The second kappa shape index (κ2) is 43.0. The molecule has 4 bridgehead atoms. The SMILES string of the molecule is CC(=O)N[C@H]1[C@@H]2OC[C@@](COCCCCC(=O)NCCCNC(=O)CCOCC(COCCC(N)=O)(COCCC(=O)NCCCNC(=O)CCCCOC[C@@]34CC[C@@H](NC(C)=O)[C@H](OC3)O4)NC(=O)CCCCCCCCCCC(=O)C(C)C)(C[C@@H]1O)O2. The maximum absolute atomic E-state index is 13.6. The number of fused-ring (bicyclic) bond motifs is 4. The van der Waals surface area contributed by atoms with Crippen LogP contribution in [0.2, 0.25) is 0 Å². The Hall–Kier alpha value is -4.97. The minimum absolute atomic E-state index is 0.00266. The van der Waals surface area contributed by atoms with E-state index in [1.54, 1.807) is 0 Å². The summed E-state index contributed by atoms with van der Waals surface area (Å²) >= 11 is 0. The number of amides is 8. The Labute approximate surface area is 525 Å². The van der Waals surface area contributed by atoms with Gasteiger partial charge in [0.2, 0.25) is 47.3 Å². The van der Waals surface area contributed by atoms with Gasteiger partial charge in [-0.25, -0.2) is 0 Å². The number of carbonyl (C=O) groups excluding carboxylic acids is 9. The van der Waals surface area contributed by atoms with Crippen molar-refractivity contribution >= 4 is 53.0 Å².